The van der Waals surface area contributed by atoms with Crippen molar-refractivity contribution >= 4 is 0 Å². The highest BCUT2D eigenvalue weighted by atomic mass is 16.5. The van der Waals surface area contributed by atoms with Gasteiger partial charge in [-0.2, -0.15) is 0 Å². The second kappa shape index (κ2) is 7.38. The summed E-state index contributed by atoms with van der Waals surface area (Å²) in [7, 11) is 1.71. The molecule has 3 aromatic rings. The van der Waals surface area contributed by atoms with Gasteiger partial charge in [-0.1, -0.05) is 42.0 Å². The van der Waals surface area contributed by atoms with Crippen molar-refractivity contribution in [3.8, 4) is 5.75 Å². The molecular weight excluding hydrogens is 320 g/mol. The smallest absolute Gasteiger partial charge is 0.118 e. The van der Waals surface area contributed by atoms with E-state index in [9.17, 15) is 0 Å². The number of nitrogens with zero attached hydrogens (tertiary/aromatic N) is 2. The monoisotopic (exact) mass is 346 g/mol. The molecule has 2 aromatic carbocycles. The van der Waals surface area contributed by atoms with Gasteiger partial charge >= 0.3 is 0 Å². The topological polar surface area (TPSA) is 17.4 Å². The fraction of sp³-hybridized carbons (Fsp3) is 0.304. The van der Waals surface area contributed by atoms with Crippen LogP contribution < -0.4 is 4.74 Å². The maximum Gasteiger partial charge on any atom is 0.118 e. The maximum absolute atomic E-state index is 5.30. The quantitative estimate of drug-likeness (QED) is 0.675. The van der Waals surface area contributed by atoms with E-state index in [1.165, 1.54) is 28.8 Å². The van der Waals surface area contributed by atoms with Crippen molar-refractivity contribution < 1.29 is 4.74 Å². The molecule has 0 spiro atoms. The lowest BCUT2D eigenvalue weighted by Gasteiger charge is -2.31. The van der Waals surface area contributed by atoms with Gasteiger partial charge in [0.2, 0.25) is 0 Å². The first kappa shape index (κ1) is 16.9. The summed E-state index contributed by atoms with van der Waals surface area (Å²) in [6.45, 7) is 5.26. The Labute approximate surface area is 155 Å². The molecule has 0 bridgehead atoms. The molecule has 0 saturated carbocycles. The number of rotatable bonds is 4. The summed E-state index contributed by atoms with van der Waals surface area (Å²) in [5.74, 6) is 0.911. The molecule has 0 N–H and O–H groups in total. The average Bonchev–Trinajstić information content (AvgIpc) is 3.05. The van der Waals surface area contributed by atoms with Gasteiger partial charge in [-0.15, -0.1) is 0 Å². The SMILES string of the molecule is COc1ccc(CN2CCCn3cccc3C2c2ccc(C)cc2)cc1. The summed E-state index contributed by atoms with van der Waals surface area (Å²) in [6.07, 6.45) is 3.38. The fourth-order valence-corrected chi connectivity index (χ4v) is 3.91. The van der Waals surface area contributed by atoms with Crippen molar-refractivity contribution in [3.05, 3.63) is 89.2 Å². The van der Waals surface area contributed by atoms with E-state index in [4.69, 9.17) is 4.74 Å². The number of methoxy groups -OCH3 is 1. The second-order valence-electron chi connectivity index (χ2n) is 7.11. The van der Waals surface area contributed by atoms with Crippen LogP contribution in [0.2, 0.25) is 0 Å². The first-order valence-electron chi connectivity index (χ1n) is 9.33. The highest BCUT2D eigenvalue weighted by Crippen LogP contribution is 2.33. The third kappa shape index (κ3) is 3.40. The fourth-order valence-electron chi connectivity index (χ4n) is 3.91. The van der Waals surface area contributed by atoms with E-state index in [1.54, 1.807) is 7.11 Å². The Morgan fingerprint density at radius 1 is 0.962 bits per heavy atom. The van der Waals surface area contributed by atoms with E-state index in [2.05, 4.69) is 83.3 Å². The van der Waals surface area contributed by atoms with Gasteiger partial charge in [0, 0.05) is 31.5 Å². The lowest BCUT2D eigenvalue weighted by molar-refractivity contribution is 0.220. The van der Waals surface area contributed by atoms with Crippen molar-refractivity contribution in [2.24, 2.45) is 0 Å². The molecule has 1 aliphatic heterocycles. The molecular formula is C23H26N2O. The molecule has 134 valence electrons. The van der Waals surface area contributed by atoms with Crippen LogP contribution in [0.25, 0.3) is 0 Å². The molecule has 3 heteroatoms. The Morgan fingerprint density at radius 2 is 1.73 bits per heavy atom. The van der Waals surface area contributed by atoms with Gasteiger partial charge in [-0.3, -0.25) is 4.90 Å². The van der Waals surface area contributed by atoms with Crippen molar-refractivity contribution in [3.63, 3.8) is 0 Å². The van der Waals surface area contributed by atoms with E-state index >= 15 is 0 Å². The zero-order chi connectivity index (χ0) is 17.9. The highest BCUT2D eigenvalue weighted by Gasteiger charge is 2.27. The van der Waals surface area contributed by atoms with Crippen LogP contribution >= 0.6 is 0 Å². The van der Waals surface area contributed by atoms with Crippen LogP contribution in [-0.2, 0) is 13.1 Å². The second-order valence-corrected chi connectivity index (χ2v) is 7.11. The lowest BCUT2D eigenvalue weighted by atomic mass is 10.00. The van der Waals surface area contributed by atoms with Crippen molar-refractivity contribution in [1.29, 1.82) is 0 Å². The Bertz CT molecular complexity index is 849. The van der Waals surface area contributed by atoms with Crippen LogP contribution in [0, 0.1) is 6.92 Å². The zero-order valence-corrected chi connectivity index (χ0v) is 15.6. The van der Waals surface area contributed by atoms with Crippen LogP contribution in [0.15, 0.2) is 66.9 Å². The Balaban J connectivity index is 1.69. The number of aryl methyl sites for hydroxylation is 2. The van der Waals surface area contributed by atoms with Gasteiger partial charge in [-0.05, 0) is 48.7 Å². The largest absolute Gasteiger partial charge is 0.497 e. The summed E-state index contributed by atoms with van der Waals surface area (Å²) >= 11 is 0. The summed E-state index contributed by atoms with van der Waals surface area (Å²) in [5, 5.41) is 0. The normalized spacial score (nSPS) is 17.5. The molecule has 0 fully saturated rings. The first-order valence-corrected chi connectivity index (χ1v) is 9.33. The van der Waals surface area contributed by atoms with Crippen LogP contribution in [0.3, 0.4) is 0 Å². The van der Waals surface area contributed by atoms with Crippen LogP contribution in [0.5, 0.6) is 5.75 Å². The average molecular weight is 346 g/mol. The molecule has 26 heavy (non-hydrogen) atoms. The summed E-state index contributed by atoms with van der Waals surface area (Å²) in [5.41, 5.74) is 5.38. The van der Waals surface area contributed by atoms with Gasteiger partial charge < -0.3 is 9.30 Å². The Morgan fingerprint density at radius 3 is 2.46 bits per heavy atom. The predicted octanol–water partition coefficient (Wildman–Crippen LogP) is 4.80. The molecule has 0 saturated heterocycles. The number of hydrogen-bond donors (Lipinski definition) is 0. The van der Waals surface area contributed by atoms with Crippen LogP contribution in [0.1, 0.15) is 34.8 Å². The molecule has 4 rings (SSSR count). The summed E-state index contributed by atoms with van der Waals surface area (Å²) in [4.78, 5) is 2.60. The number of hydrogen-bond acceptors (Lipinski definition) is 2. The molecule has 0 radical (unpaired) electrons. The van der Waals surface area contributed by atoms with E-state index in [-0.39, 0.29) is 6.04 Å². The van der Waals surface area contributed by atoms with E-state index in [0.29, 0.717) is 0 Å². The molecule has 1 aliphatic rings. The number of fused-ring (bicyclic) bond motifs is 1. The standard InChI is InChI=1S/C23H26N2O/c1-18-6-10-20(11-7-18)23-22-5-3-14-24(22)15-4-16-25(23)17-19-8-12-21(26-2)13-9-19/h3,5-14,23H,4,15-17H2,1-2H3. The zero-order valence-electron chi connectivity index (χ0n) is 15.6. The Kier molecular flexibility index (Phi) is 4.81. The lowest BCUT2D eigenvalue weighted by Crippen LogP contribution is -2.29. The third-order valence-corrected chi connectivity index (χ3v) is 5.29. The van der Waals surface area contributed by atoms with Crippen molar-refractivity contribution in [2.75, 3.05) is 13.7 Å². The maximum atomic E-state index is 5.30. The van der Waals surface area contributed by atoms with Gasteiger partial charge in [-0.25, -0.2) is 0 Å². The van der Waals surface area contributed by atoms with Crippen molar-refractivity contribution in [2.45, 2.75) is 32.5 Å². The van der Waals surface area contributed by atoms with Gasteiger partial charge in [0.25, 0.3) is 0 Å². The van der Waals surface area contributed by atoms with Crippen molar-refractivity contribution in [1.82, 2.24) is 9.47 Å². The number of benzene rings is 2. The van der Waals surface area contributed by atoms with Crippen LogP contribution in [0.4, 0.5) is 0 Å². The van der Waals surface area contributed by atoms with E-state index < -0.39 is 0 Å². The minimum absolute atomic E-state index is 0.287. The van der Waals surface area contributed by atoms with Gasteiger partial charge in [0.05, 0.1) is 13.2 Å². The summed E-state index contributed by atoms with van der Waals surface area (Å²) in [6, 6.07) is 22.2. The van der Waals surface area contributed by atoms with E-state index in [0.717, 1.165) is 25.4 Å². The van der Waals surface area contributed by atoms with Gasteiger partial charge in [0.1, 0.15) is 5.75 Å². The predicted molar refractivity (Wildman–Crippen MR) is 105 cm³/mol. The third-order valence-electron chi connectivity index (χ3n) is 5.29. The van der Waals surface area contributed by atoms with E-state index in [1.807, 2.05) is 0 Å². The number of ether oxygens (including phenoxy) is 1. The minimum atomic E-state index is 0.287. The molecule has 1 aromatic heterocycles. The Hall–Kier alpha value is -2.52. The number of aromatic nitrogens is 1. The molecule has 0 amide bonds. The van der Waals surface area contributed by atoms with Crippen LogP contribution in [-0.4, -0.2) is 23.1 Å². The summed E-state index contributed by atoms with van der Waals surface area (Å²) < 4.78 is 7.72. The highest BCUT2D eigenvalue weighted by molar-refractivity contribution is 5.33. The molecule has 1 unspecified atom stereocenters. The molecule has 2 heterocycles. The molecule has 1 atom stereocenters. The molecule has 0 aliphatic carbocycles. The molecule has 3 nitrogen and oxygen atoms in total. The minimum Gasteiger partial charge on any atom is -0.497 e. The van der Waals surface area contributed by atoms with Gasteiger partial charge in [0.15, 0.2) is 0 Å². The first-order chi connectivity index (χ1) is 12.7.